The summed E-state index contributed by atoms with van der Waals surface area (Å²) in [6.07, 6.45) is 0.947. The summed E-state index contributed by atoms with van der Waals surface area (Å²) in [6, 6.07) is 17.7. The summed E-state index contributed by atoms with van der Waals surface area (Å²) in [5.41, 5.74) is 3.53. The van der Waals surface area contributed by atoms with Crippen molar-refractivity contribution in [3.63, 3.8) is 0 Å². The molecular weight excluding hydrogens is 467 g/mol. The molecular formula is C26H29FN4O3S. The van der Waals surface area contributed by atoms with Gasteiger partial charge in [-0.2, -0.15) is 0 Å². The molecule has 7 nitrogen and oxygen atoms in total. The fourth-order valence-corrected chi connectivity index (χ4v) is 5.00. The van der Waals surface area contributed by atoms with E-state index in [-0.39, 0.29) is 10.8 Å². The third-order valence-electron chi connectivity index (χ3n) is 5.97. The Kier molecular flexibility index (Phi) is 7.67. The van der Waals surface area contributed by atoms with Gasteiger partial charge in [-0.05, 0) is 60.0 Å². The third-order valence-corrected chi connectivity index (χ3v) is 7.35. The van der Waals surface area contributed by atoms with Crippen molar-refractivity contribution in [1.82, 2.24) is 10.6 Å². The van der Waals surface area contributed by atoms with Gasteiger partial charge in [0.05, 0.1) is 16.3 Å². The highest BCUT2D eigenvalue weighted by molar-refractivity contribution is 7.92. The van der Waals surface area contributed by atoms with E-state index in [2.05, 4.69) is 27.2 Å². The van der Waals surface area contributed by atoms with Crippen LogP contribution in [0.15, 0.2) is 71.6 Å². The van der Waals surface area contributed by atoms with Crippen molar-refractivity contribution >= 4 is 27.3 Å². The minimum absolute atomic E-state index is 0.0597. The molecule has 1 aliphatic heterocycles. The molecule has 0 bridgehead atoms. The van der Waals surface area contributed by atoms with Crippen molar-refractivity contribution in [1.29, 1.82) is 0 Å². The molecule has 0 aromatic heterocycles. The first kappa shape index (κ1) is 24.7. The normalized spacial score (nSPS) is 13.9. The van der Waals surface area contributed by atoms with Gasteiger partial charge >= 0.3 is 0 Å². The maximum Gasteiger partial charge on any atom is 0.261 e. The van der Waals surface area contributed by atoms with Crippen LogP contribution in [-0.2, 0) is 23.0 Å². The lowest BCUT2D eigenvalue weighted by atomic mass is 10.1. The number of hydrogen-bond acceptors (Lipinski definition) is 5. The first-order chi connectivity index (χ1) is 16.9. The standard InChI is InChI=1S/C26H29FN4O3S/c1-2-19-3-5-20(6-4-19)18-29-26(32)21-7-12-25(31-15-13-28-14-16-31)24(17-21)30-35(33,34)23-10-8-22(27)9-11-23/h3-12,17,28,30H,2,13-16,18H2,1H3,(H,29,32). The number of anilines is 2. The molecule has 1 aliphatic rings. The molecule has 184 valence electrons. The van der Waals surface area contributed by atoms with Crippen LogP contribution in [0.3, 0.4) is 0 Å². The minimum Gasteiger partial charge on any atom is -0.367 e. The van der Waals surface area contributed by atoms with E-state index in [1.165, 1.54) is 17.7 Å². The van der Waals surface area contributed by atoms with Crippen molar-refractivity contribution < 1.29 is 17.6 Å². The number of amides is 1. The lowest BCUT2D eigenvalue weighted by Crippen LogP contribution is -2.43. The summed E-state index contributed by atoms with van der Waals surface area (Å²) in [7, 11) is -3.99. The third kappa shape index (κ3) is 6.17. The summed E-state index contributed by atoms with van der Waals surface area (Å²) in [6.45, 7) is 5.38. The molecule has 1 saturated heterocycles. The first-order valence-electron chi connectivity index (χ1n) is 11.6. The molecule has 0 unspecified atom stereocenters. The Balaban J connectivity index is 1.58. The number of nitrogens with one attached hydrogen (secondary N) is 3. The maximum atomic E-state index is 13.3. The number of piperazine rings is 1. The number of halogens is 1. The lowest BCUT2D eigenvalue weighted by molar-refractivity contribution is 0.0951. The Bertz CT molecular complexity index is 1270. The zero-order valence-corrected chi connectivity index (χ0v) is 20.4. The first-order valence-corrected chi connectivity index (χ1v) is 13.1. The molecule has 0 radical (unpaired) electrons. The van der Waals surface area contributed by atoms with Crippen LogP contribution in [-0.4, -0.2) is 40.5 Å². The number of aryl methyl sites for hydroxylation is 1. The van der Waals surface area contributed by atoms with Gasteiger partial charge in [0.1, 0.15) is 5.82 Å². The molecule has 1 fully saturated rings. The Labute approximate surface area is 205 Å². The fourth-order valence-electron chi connectivity index (χ4n) is 3.94. The van der Waals surface area contributed by atoms with Crippen LogP contribution in [0, 0.1) is 5.82 Å². The topological polar surface area (TPSA) is 90.5 Å². The summed E-state index contributed by atoms with van der Waals surface area (Å²) >= 11 is 0. The van der Waals surface area contributed by atoms with Gasteiger partial charge in [-0.3, -0.25) is 9.52 Å². The van der Waals surface area contributed by atoms with Crippen molar-refractivity contribution in [2.24, 2.45) is 0 Å². The van der Waals surface area contributed by atoms with E-state index in [1.807, 2.05) is 24.3 Å². The Hall–Kier alpha value is -3.43. The molecule has 0 spiro atoms. The molecule has 9 heteroatoms. The van der Waals surface area contributed by atoms with E-state index in [0.717, 1.165) is 37.2 Å². The Morgan fingerprint density at radius 1 is 0.971 bits per heavy atom. The molecule has 3 N–H and O–H groups in total. The largest absolute Gasteiger partial charge is 0.367 e. The van der Waals surface area contributed by atoms with E-state index in [0.29, 0.717) is 36.6 Å². The van der Waals surface area contributed by atoms with Crippen LogP contribution in [0.2, 0.25) is 0 Å². The summed E-state index contributed by atoms with van der Waals surface area (Å²) < 4.78 is 42.0. The zero-order valence-electron chi connectivity index (χ0n) is 19.6. The molecule has 0 atom stereocenters. The smallest absolute Gasteiger partial charge is 0.261 e. The Morgan fingerprint density at radius 3 is 2.29 bits per heavy atom. The van der Waals surface area contributed by atoms with Gasteiger partial charge < -0.3 is 15.5 Å². The second-order valence-corrected chi connectivity index (χ2v) is 10.1. The van der Waals surface area contributed by atoms with Crippen molar-refractivity contribution in [2.45, 2.75) is 24.8 Å². The SMILES string of the molecule is CCc1ccc(CNC(=O)c2ccc(N3CCNCC3)c(NS(=O)(=O)c3ccc(F)cc3)c2)cc1. The van der Waals surface area contributed by atoms with Gasteiger partial charge in [0.15, 0.2) is 0 Å². The summed E-state index contributed by atoms with van der Waals surface area (Å²) in [5, 5.41) is 6.17. The molecule has 1 amide bonds. The average molecular weight is 497 g/mol. The van der Waals surface area contributed by atoms with E-state index in [9.17, 15) is 17.6 Å². The van der Waals surface area contributed by atoms with E-state index in [1.54, 1.807) is 18.2 Å². The highest BCUT2D eigenvalue weighted by Gasteiger charge is 2.21. The van der Waals surface area contributed by atoms with E-state index in [4.69, 9.17) is 0 Å². The van der Waals surface area contributed by atoms with Crippen molar-refractivity contribution in [3.05, 3.63) is 89.2 Å². The number of rotatable bonds is 8. The van der Waals surface area contributed by atoms with Crippen LogP contribution in [0.4, 0.5) is 15.8 Å². The Morgan fingerprint density at radius 2 is 1.63 bits per heavy atom. The van der Waals surface area contributed by atoms with E-state index >= 15 is 0 Å². The number of carbonyl (C=O) groups is 1. The number of benzene rings is 3. The van der Waals surface area contributed by atoms with Gasteiger partial charge in [0, 0.05) is 38.3 Å². The van der Waals surface area contributed by atoms with Gasteiger partial charge in [-0.25, -0.2) is 12.8 Å². The molecule has 35 heavy (non-hydrogen) atoms. The molecule has 1 heterocycles. The van der Waals surface area contributed by atoms with Gasteiger partial charge in [-0.15, -0.1) is 0 Å². The minimum atomic E-state index is -3.99. The predicted octanol–water partition coefficient (Wildman–Crippen LogP) is 3.53. The number of sulfonamides is 1. The van der Waals surface area contributed by atoms with Crippen LogP contribution >= 0.6 is 0 Å². The molecule has 4 rings (SSSR count). The lowest BCUT2D eigenvalue weighted by Gasteiger charge is -2.31. The predicted molar refractivity (Wildman–Crippen MR) is 136 cm³/mol. The monoisotopic (exact) mass is 496 g/mol. The van der Waals surface area contributed by atoms with Gasteiger partial charge in [0.2, 0.25) is 0 Å². The van der Waals surface area contributed by atoms with Crippen LogP contribution < -0.4 is 20.3 Å². The molecule has 0 aliphatic carbocycles. The van der Waals surface area contributed by atoms with Gasteiger partial charge in [0.25, 0.3) is 15.9 Å². The van der Waals surface area contributed by atoms with E-state index < -0.39 is 15.8 Å². The maximum absolute atomic E-state index is 13.3. The van der Waals surface area contributed by atoms with Crippen LogP contribution in [0.1, 0.15) is 28.4 Å². The van der Waals surface area contributed by atoms with Gasteiger partial charge in [-0.1, -0.05) is 31.2 Å². The van der Waals surface area contributed by atoms with Crippen molar-refractivity contribution in [2.75, 3.05) is 35.8 Å². The highest BCUT2D eigenvalue weighted by Crippen LogP contribution is 2.30. The summed E-state index contributed by atoms with van der Waals surface area (Å²) in [5.74, 6) is -0.827. The number of hydrogen-bond donors (Lipinski definition) is 3. The van der Waals surface area contributed by atoms with Crippen LogP contribution in [0.25, 0.3) is 0 Å². The molecule has 3 aromatic carbocycles. The second kappa shape index (κ2) is 10.9. The number of carbonyl (C=O) groups excluding carboxylic acids is 1. The zero-order chi connectivity index (χ0) is 24.8. The molecule has 0 saturated carbocycles. The second-order valence-electron chi connectivity index (χ2n) is 8.38. The summed E-state index contributed by atoms with van der Waals surface area (Å²) in [4.78, 5) is 14.9. The fraction of sp³-hybridized carbons (Fsp3) is 0.269. The quantitative estimate of drug-likeness (QED) is 0.444. The van der Waals surface area contributed by atoms with Crippen LogP contribution in [0.5, 0.6) is 0 Å². The average Bonchev–Trinajstić information content (AvgIpc) is 2.88. The molecule has 3 aromatic rings. The highest BCUT2D eigenvalue weighted by atomic mass is 32.2. The number of nitrogens with zero attached hydrogens (tertiary/aromatic N) is 1. The van der Waals surface area contributed by atoms with Crippen molar-refractivity contribution in [3.8, 4) is 0 Å².